The van der Waals surface area contributed by atoms with E-state index in [1.165, 1.54) is 0 Å². The van der Waals surface area contributed by atoms with Crippen LogP contribution in [0, 0.1) is 0 Å². The number of nitrogens with zero attached hydrogens (tertiary/aromatic N) is 2. The maximum Gasteiger partial charge on any atom is 0.225 e. The molecule has 2 aromatic rings. The van der Waals surface area contributed by atoms with Gasteiger partial charge in [-0.1, -0.05) is 6.07 Å². The Balaban J connectivity index is 2.36. The molecule has 0 bridgehead atoms. The highest BCUT2D eigenvalue weighted by molar-refractivity contribution is 5.91. The lowest BCUT2D eigenvalue weighted by Crippen LogP contribution is -2.10. The van der Waals surface area contributed by atoms with Crippen molar-refractivity contribution in [3.63, 3.8) is 0 Å². The molecule has 1 N–H and O–H groups in total. The Hall–Kier alpha value is -1.84. The summed E-state index contributed by atoms with van der Waals surface area (Å²) in [7, 11) is 0. The van der Waals surface area contributed by atoms with Gasteiger partial charge in [-0.3, -0.25) is 9.20 Å². The van der Waals surface area contributed by atoms with E-state index in [4.69, 9.17) is 0 Å². The smallest absolute Gasteiger partial charge is 0.225 e. The van der Waals surface area contributed by atoms with Gasteiger partial charge in [0, 0.05) is 18.3 Å². The normalized spacial score (nSPS) is 15.3. The molecule has 1 amide bonds. The molecule has 3 heterocycles. The summed E-state index contributed by atoms with van der Waals surface area (Å²) in [6, 6.07) is 5.72. The fraction of sp³-hybridized carbons (Fsp3) is 0.200. The molecule has 0 atom stereocenters. The van der Waals surface area contributed by atoms with E-state index >= 15 is 0 Å². The molecule has 1 aliphatic rings. The molecule has 70 valence electrons. The Morgan fingerprint density at radius 3 is 3.21 bits per heavy atom. The largest absolute Gasteiger partial charge is 0.312 e. The minimum absolute atomic E-state index is 0.0706. The number of rotatable bonds is 0. The molecule has 0 radical (unpaired) electrons. The zero-order valence-electron chi connectivity index (χ0n) is 7.53. The molecular formula is C10H9N3O. The first-order chi connectivity index (χ1) is 6.84. The summed E-state index contributed by atoms with van der Waals surface area (Å²) in [6.45, 7) is 0. The standard InChI is InChI=1S/C10H9N3O/c14-10-5-4-7-6-11-8-2-1-3-9(12-10)13(7)8/h1-3,6H,4-5H2,(H,12,14). The lowest BCUT2D eigenvalue weighted by molar-refractivity contribution is -0.116. The number of hydrogen-bond donors (Lipinski definition) is 1. The monoisotopic (exact) mass is 187 g/mol. The summed E-state index contributed by atoms with van der Waals surface area (Å²) in [5.74, 6) is 0.888. The van der Waals surface area contributed by atoms with Crippen molar-refractivity contribution in [2.75, 3.05) is 5.32 Å². The van der Waals surface area contributed by atoms with Gasteiger partial charge in [-0.05, 0) is 18.6 Å². The lowest BCUT2D eigenvalue weighted by atomic mass is 10.2. The van der Waals surface area contributed by atoms with Crippen molar-refractivity contribution in [3.05, 3.63) is 30.1 Å². The van der Waals surface area contributed by atoms with Crippen LogP contribution in [-0.4, -0.2) is 15.3 Å². The Labute approximate surface area is 80.6 Å². The van der Waals surface area contributed by atoms with Crippen LogP contribution < -0.4 is 5.32 Å². The Bertz CT molecular complexity index is 515. The predicted molar refractivity (Wildman–Crippen MR) is 52.1 cm³/mol. The summed E-state index contributed by atoms with van der Waals surface area (Å²) in [6.07, 6.45) is 3.12. The molecule has 0 fully saturated rings. The first-order valence-electron chi connectivity index (χ1n) is 4.60. The summed E-state index contributed by atoms with van der Waals surface area (Å²) >= 11 is 0. The number of aryl methyl sites for hydroxylation is 1. The first kappa shape index (κ1) is 7.55. The van der Waals surface area contributed by atoms with Gasteiger partial charge < -0.3 is 5.32 Å². The van der Waals surface area contributed by atoms with E-state index in [1.54, 1.807) is 0 Å². The van der Waals surface area contributed by atoms with Crippen LogP contribution in [0.1, 0.15) is 12.1 Å². The van der Waals surface area contributed by atoms with Crippen LogP contribution in [0.3, 0.4) is 0 Å². The van der Waals surface area contributed by atoms with Crippen LogP contribution in [0.4, 0.5) is 5.82 Å². The first-order valence-corrected chi connectivity index (χ1v) is 4.60. The lowest BCUT2D eigenvalue weighted by Gasteiger charge is -2.04. The van der Waals surface area contributed by atoms with E-state index < -0.39 is 0 Å². The highest BCUT2D eigenvalue weighted by Crippen LogP contribution is 2.19. The van der Waals surface area contributed by atoms with Crippen LogP contribution >= 0.6 is 0 Å². The van der Waals surface area contributed by atoms with Crippen LogP contribution in [0.5, 0.6) is 0 Å². The molecule has 4 heteroatoms. The topological polar surface area (TPSA) is 46.4 Å². The summed E-state index contributed by atoms with van der Waals surface area (Å²) in [4.78, 5) is 15.6. The predicted octanol–water partition coefficient (Wildman–Crippen LogP) is 1.22. The van der Waals surface area contributed by atoms with Crippen LogP contribution in [-0.2, 0) is 11.2 Å². The van der Waals surface area contributed by atoms with Crippen molar-refractivity contribution in [2.45, 2.75) is 12.8 Å². The van der Waals surface area contributed by atoms with Gasteiger partial charge in [-0.25, -0.2) is 4.98 Å². The van der Waals surface area contributed by atoms with E-state index in [0.717, 1.165) is 23.6 Å². The van der Waals surface area contributed by atoms with Gasteiger partial charge in [0.1, 0.15) is 11.5 Å². The molecule has 0 saturated carbocycles. The Morgan fingerprint density at radius 2 is 2.29 bits per heavy atom. The third kappa shape index (κ3) is 0.937. The van der Waals surface area contributed by atoms with Crippen LogP contribution in [0.2, 0.25) is 0 Å². The van der Waals surface area contributed by atoms with Gasteiger partial charge in [-0.2, -0.15) is 0 Å². The van der Waals surface area contributed by atoms with Gasteiger partial charge in [-0.15, -0.1) is 0 Å². The Kier molecular flexibility index (Phi) is 1.39. The highest BCUT2D eigenvalue weighted by Gasteiger charge is 2.14. The molecule has 14 heavy (non-hydrogen) atoms. The van der Waals surface area contributed by atoms with E-state index in [0.29, 0.717) is 6.42 Å². The van der Waals surface area contributed by atoms with Crippen molar-refractivity contribution in [1.29, 1.82) is 0 Å². The number of nitrogens with one attached hydrogen (secondary N) is 1. The molecule has 2 aromatic heterocycles. The van der Waals surface area contributed by atoms with Crippen molar-refractivity contribution in [2.24, 2.45) is 0 Å². The van der Waals surface area contributed by atoms with Crippen LogP contribution in [0.15, 0.2) is 24.4 Å². The minimum atomic E-state index is 0.0706. The number of anilines is 1. The Morgan fingerprint density at radius 1 is 1.36 bits per heavy atom. The molecule has 3 rings (SSSR count). The van der Waals surface area contributed by atoms with Crippen molar-refractivity contribution in [3.8, 4) is 0 Å². The molecule has 0 saturated heterocycles. The fourth-order valence-corrected chi connectivity index (χ4v) is 1.82. The maximum absolute atomic E-state index is 11.3. The second-order valence-electron chi connectivity index (χ2n) is 3.40. The fourth-order valence-electron chi connectivity index (χ4n) is 1.82. The average Bonchev–Trinajstić information content (AvgIpc) is 2.51. The minimum Gasteiger partial charge on any atom is -0.312 e. The van der Waals surface area contributed by atoms with Crippen LogP contribution in [0.25, 0.3) is 5.65 Å². The van der Waals surface area contributed by atoms with Gasteiger partial charge in [0.05, 0.1) is 0 Å². The number of hydrogen-bond acceptors (Lipinski definition) is 2. The van der Waals surface area contributed by atoms with Crippen molar-refractivity contribution < 1.29 is 4.79 Å². The third-order valence-electron chi connectivity index (χ3n) is 2.48. The van der Waals surface area contributed by atoms with Gasteiger partial charge in [0.25, 0.3) is 0 Å². The van der Waals surface area contributed by atoms with E-state index in [-0.39, 0.29) is 5.91 Å². The number of amides is 1. The highest BCUT2D eigenvalue weighted by atomic mass is 16.1. The molecular weight excluding hydrogens is 178 g/mol. The van der Waals surface area contributed by atoms with Gasteiger partial charge >= 0.3 is 0 Å². The van der Waals surface area contributed by atoms with E-state index in [2.05, 4.69) is 10.3 Å². The maximum atomic E-state index is 11.3. The number of imidazole rings is 1. The molecule has 0 aromatic carbocycles. The van der Waals surface area contributed by atoms with Crippen molar-refractivity contribution in [1.82, 2.24) is 9.38 Å². The number of carbonyl (C=O) groups excluding carboxylic acids is 1. The SMILES string of the molecule is O=C1CCc2cnc3cccc(n23)N1. The number of aromatic nitrogens is 2. The summed E-state index contributed by atoms with van der Waals surface area (Å²) in [5, 5.41) is 2.86. The molecule has 0 aliphatic carbocycles. The van der Waals surface area contributed by atoms with Gasteiger partial charge in [0.15, 0.2) is 0 Å². The third-order valence-corrected chi connectivity index (χ3v) is 2.48. The quantitative estimate of drug-likeness (QED) is 0.674. The molecule has 1 aliphatic heterocycles. The number of pyridine rings is 1. The summed E-state index contributed by atoms with van der Waals surface area (Å²) < 4.78 is 1.99. The zero-order chi connectivity index (χ0) is 9.54. The second kappa shape index (κ2) is 2.57. The molecule has 0 spiro atoms. The summed E-state index contributed by atoms with van der Waals surface area (Å²) in [5.41, 5.74) is 1.98. The van der Waals surface area contributed by atoms with Gasteiger partial charge in [0.2, 0.25) is 5.91 Å². The number of carbonyl (C=O) groups is 1. The van der Waals surface area contributed by atoms with E-state index in [1.807, 2.05) is 28.8 Å². The molecule has 0 unspecified atom stereocenters. The second-order valence-corrected chi connectivity index (χ2v) is 3.40. The average molecular weight is 187 g/mol. The van der Waals surface area contributed by atoms with E-state index in [9.17, 15) is 4.79 Å². The van der Waals surface area contributed by atoms with Crippen molar-refractivity contribution >= 4 is 17.4 Å². The zero-order valence-corrected chi connectivity index (χ0v) is 7.53. The molecule has 4 nitrogen and oxygen atoms in total.